The Hall–Kier alpha value is -3.09. The molecule has 3 aromatic rings. The maximum atomic E-state index is 10.6. The number of rotatable bonds is 13. The lowest BCUT2D eigenvalue weighted by Gasteiger charge is -2.22. The van der Waals surface area contributed by atoms with Gasteiger partial charge in [-0.15, -0.1) is 0 Å². The number of aromatic nitrogens is 1. The third-order valence-corrected chi connectivity index (χ3v) is 7.86. The number of para-hydroxylation sites is 1. The van der Waals surface area contributed by atoms with Crippen molar-refractivity contribution in [2.24, 2.45) is 0 Å². The number of carbonyl (C=O) groups is 1. The van der Waals surface area contributed by atoms with E-state index in [9.17, 15) is 4.79 Å². The Balaban J connectivity index is 1.28. The second-order valence-corrected chi connectivity index (χ2v) is 10.9. The molecule has 2 saturated carbocycles. The molecule has 0 bridgehead atoms. The van der Waals surface area contributed by atoms with E-state index >= 15 is 0 Å². The molecular weight excluding hydrogens is 500 g/mol. The van der Waals surface area contributed by atoms with Crippen LogP contribution < -0.4 is 10.1 Å². The van der Waals surface area contributed by atoms with Gasteiger partial charge in [0.05, 0.1) is 18.3 Å². The number of pyridine rings is 1. The number of unbranched alkanes of at least 4 members (excludes halogenated alkanes) is 1. The highest BCUT2D eigenvalue weighted by Gasteiger charge is 2.47. The minimum absolute atomic E-state index is 0.325. The van der Waals surface area contributed by atoms with E-state index in [-0.39, 0.29) is 5.60 Å². The first-order valence-corrected chi connectivity index (χ1v) is 13.9. The molecule has 0 spiro atoms. The second kappa shape index (κ2) is 11.7. The van der Waals surface area contributed by atoms with Gasteiger partial charge in [-0.25, -0.2) is 4.79 Å². The van der Waals surface area contributed by atoms with Gasteiger partial charge < -0.3 is 19.9 Å². The van der Waals surface area contributed by atoms with Crippen molar-refractivity contribution in [3.05, 3.63) is 82.6 Å². The van der Waals surface area contributed by atoms with Gasteiger partial charge in [0.15, 0.2) is 0 Å². The van der Waals surface area contributed by atoms with Crippen molar-refractivity contribution in [3.8, 4) is 16.9 Å². The molecule has 6 nitrogen and oxygen atoms in total. The predicted molar refractivity (Wildman–Crippen MR) is 149 cm³/mol. The zero-order valence-electron chi connectivity index (χ0n) is 21.8. The Labute approximate surface area is 229 Å². The van der Waals surface area contributed by atoms with E-state index in [0.717, 1.165) is 72.9 Å². The Morgan fingerprint density at radius 1 is 1.16 bits per heavy atom. The van der Waals surface area contributed by atoms with Gasteiger partial charge in [0, 0.05) is 35.1 Å². The van der Waals surface area contributed by atoms with Crippen LogP contribution >= 0.6 is 11.6 Å². The van der Waals surface area contributed by atoms with Gasteiger partial charge in [-0.2, -0.15) is 0 Å². The minimum Gasteiger partial charge on any atom is -0.490 e. The minimum atomic E-state index is -0.969. The molecule has 1 aromatic heterocycles. The summed E-state index contributed by atoms with van der Waals surface area (Å²) in [7, 11) is 0. The predicted octanol–water partition coefficient (Wildman–Crippen LogP) is 7.69. The van der Waals surface area contributed by atoms with Crippen molar-refractivity contribution >= 4 is 17.7 Å². The standard InChI is InChI=1S/C31H35ClN2O4/c1-21(6-4-5-16-34-30(35)36)22-9-12-28(32)23(18-22)20-37-31(14-15-31)27-19-33-17-13-25(27)26-7-2-3-8-29(26)38-24-10-11-24/h2-3,7-9,12-13,17-19,21,24,34H,4-6,10-11,14-16,20H2,1H3,(H,35,36)/t21-/m1/s1. The highest BCUT2D eigenvalue weighted by atomic mass is 35.5. The lowest BCUT2D eigenvalue weighted by molar-refractivity contribution is 0.0173. The monoisotopic (exact) mass is 534 g/mol. The highest BCUT2D eigenvalue weighted by Crippen LogP contribution is 2.53. The third kappa shape index (κ3) is 6.48. The summed E-state index contributed by atoms with van der Waals surface area (Å²) < 4.78 is 12.9. The Morgan fingerprint density at radius 3 is 2.74 bits per heavy atom. The topological polar surface area (TPSA) is 80.7 Å². The maximum absolute atomic E-state index is 10.6. The lowest BCUT2D eigenvalue weighted by atomic mass is 9.94. The third-order valence-electron chi connectivity index (χ3n) is 7.49. The van der Waals surface area contributed by atoms with Crippen molar-refractivity contribution in [1.82, 2.24) is 10.3 Å². The van der Waals surface area contributed by atoms with E-state index in [2.05, 4.69) is 47.6 Å². The average molecular weight is 535 g/mol. The van der Waals surface area contributed by atoms with Gasteiger partial charge in [-0.05, 0) is 79.3 Å². The maximum Gasteiger partial charge on any atom is 0.404 e. The molecule has 2 aliphatic rings. The van der Waals surface area contributed by atoms with E-state index in [1.54, 1.807) is 0 Å². The van der Waals surface area contributed by atoms with Crippen LogP contribution in [-0.4, -0.2) is 28.8 Å². The summed E-state index contributed by atoms with van der Waals surface area (Å²) >= 11 is 6.60. The van der Waals surface area contributed by atoms with E-state index in [1.165, 1.54) is 5.56 Å². The van der Waals surface area contributed by atoms with Crippen molar-refractivity contribution in [3.63, 3.8) is 0 Å². The molecule has 1 atom stereocenters. The van der Waals surface area contributed by atoms with Gasteiger partial charge in [-0.3, -0.25) is 4.98 Å². The fourth-order valence-corrected chi connectivity index (χ4v) is 5.09. The first kappa shape index (κ1) is 26.5. The SMILES string of the molecule is C[C@H](CCCCNC(=O)O)c1ccc(Cl)c(COC2(c3cnccc3-c3ccccc3OC3CC3)CC2)c1. The fraction of sp³-hybridized carbons (Fsp3) is 0.419. The number of nitrogens with one attached hydrogen (secondary N) is 1. The molecule has 1 heterocycles. The number of hydrogen-bond acceptors (Lipinski definition) is 4. The van der Waals surface area contributed by atoms with Crippen molar-refractivity contribution < 1.29 is 19.4 Å². The van der Waals surface area contributed by atoms with E-state index in [1.807, 2.05) is 30.6 Å². The zero-order valence-corrected chi connectivity index (χ0v) is 22.5. The van der Waals surface area contributed by atoms with Crippen LogP contribution in [0.4, 0.5) is 4.79 Å². The van der Waals surface area contributed by atoms with Gasteiger partial charge in [0.1, 0.15) is 5.75 Å². The molecule has 200 valence electrons. The van der Waals surface area contributed by atoms with Gasteiger partial charge in [0.25, 0.3) is 0 Å². The molecule has 0 radical (unpaired) electrons. The molecule has 0 unspecified atom stereocenters. The first-order valence-electron chi connectivity index (χ1n) is 13.5. The largest absolute Gasteiger partial charge is 0.490 e. The summed E-state index contributed by atoms with van der Waals surface area (Å²) in [6.45, 7) is 3.11. The normalized spacial score (nSPS) is 16.6. The van der Waals surface area contributed by atoms with Crippen molar-refractivity contribution in [2.75, 3.05) is 6.54 Å². The second-order valence-electron chi connectivity index (χ2n) is 10.5. The van der Waals surface area contributed by atoms with Gasteiger partial charge in [-0.1, -0.05) is 55.3 Å². The van der Waals surface area contributed by atoms with Crippen LogP contribution in [0.1, 0.15) is 74.5 Å². The molecule has 7 heteroatoms. The highest BCUT2D eigenvalue weighted by molar-refractivity contribution is 6.31. The number of benzene rings is 2. The molecule has 1 amide bonds. The molecule has 0 saturated heterocycles. The number of carboxylic acid groups (broad SMARTS) is 1. The Morgan fingerprint density at radius 2 is 1.97 bits per heavy atom. The van der Waals surface area contributed by atoms with Crippen LogP contribution in [0.3, 0.4) is 0 Å². The summed E-state index contributed by atoms with van der Waals surface area (Å²) in [5.74, 6) is 1.26. The smallest absolute Gasteiger partial charge is 0.404 e. The van der Waals surface area contributed by atoms with Crippen LogP contribution in [0.15, 0.2) is 60.9 Å². The fourth-order valence-electron chi connectivity index (χ4n) is 4.92. The van der Waals surface area contributed by atoms with Crippen LogP contribution in [0.2, 0.25) is 5.02 Å². The van der Waals surface area contributed by atoms with Gasteiger partial charge in [0.2, 0.25) is 0 Å². The Bertz CT molecular complexity index is 1270. The van der Waals surface area contributed by atoms with E-state index < -0.39 is 6.09 Å². The van der Waals surface area contributed by atoms with Crippen LogP contribution in [0.5, 0.6) is 5.75 Å². The van der Waals surface area contributed by atoms with E-state index in [4.69, 9.17) is 26.2 Å². The molecule has 2 fully saturated rings. The molecule has 38 heavy (non-hydrogen) atoms. The van der Waals surface area contributed by atoms with Gasteiger partial charge >= 0.3 is 6.09 Å². The molecule has 0 aliphatic heterocycles. The van der Waals surface area contributed by atoms with Crippen LogP contribution in [0, 0.1) is 0 Å². The molecule has 5 rings (SSSR count). The first-order chi connectivity index (χ1) is 18.4. The van der Waals surface area contributed by atoms with E-state index in [0.29, 0.717) is 30.2 Å². The number of nitrogens with zero attached hydrogens (tertiary/aromatic N) is 1. The molecular formula is C31H35ClN2O4. The van der Waals surface area contributed by atoms with Crippen LogP contribution in [0.25, 0.3) is 11.1 Å². The molecule has 2 aliphatic carbocycles. The number of amides is 1. The van der Waals surface area contributed by atoms with Crippen LogP contribution in [-0.2, 0) is 16.9 Å². The number of ether oxygens (including phenoxy) is 2. The summed E-state index contributed by atoms with van der Waals surface area (Å²) in [4.78, 5) is 15.1. The summed E-state index contributed by atoms with van der Waals surface area (Å²) in [5, 5.41) is 11.8. The Kier molecular flexibility index (Phi) is 8.20. The summed E-state index contributed by atoms with van der Waals surface area (Å²) in [6.07, 6.45) is 10.0. The number of hydrogen-bond donors (Lipinski definition) is 2. The number of halogens is 1. The summed E-state index contributed by atoms with van der Waals surface area (Å²) in [5.41, 5.74) is 5.12. The quantitative estimate of drug-likeness (QED) is 0.220. The lowest BCUT2D eigenvalue weighted by Crippen LogP contribution is -2.21. The molecule has 2 N–H and O–H groups in total. The van der Waals surface area contributed by atoms with Crippen molar-refractivity contribution in [2.45, 2.75) is 76.1 Å². The average Bonchev–Trinajstić information content (AvgIpc) is 3.85. The molecule has 2 aromatic carbocycles. The van der Waals surface area contributed by atoms with Crippen molar-refractivity contribution in [1.29, 1.82) is 0 Å². The summed E-state index contributed by atoms with van der Waals surface area (Å²) in [6, 6.07) is 16.5. The zero-order chi connectivity index (χ0) is 26.5.